The lowest BCUT2D eigenvalue weighted by molar-refractivity contribution is 0.100. The number of anilines is 2. The largest absolute Gasteiger partial charge is 0.396 e. The third kappa shape index (κ3) is 3.14. The van der Waals surface area contributed by atoms with Crippen molar-refractivity contribution in [2.75, 3.05) is 50.6 Å². The summed E-state index contributed by atoms with van der Waals surface area (Å²) in [6.45, 7) is 3.92. The zero-order valence-corrected chi connectivity index (χ0v) is 12.7. The summed E-state index contributed by atoms with van der Waals surface area (Å²) in [5.74, 6) is -0.468. The number of primary amides is 1. The monoisotopic (exact) mass is 301 g/mol. The number of nitrogens with two attached hydrogens (primary N) is 2. The molecule has 1 amide bonds. The van der Waals surface area contributed by atoms with Crippen LogP contribution < -0.4 is 16.9 Å². The molecule has 8 heteroatoms. The van der Waals surface area contributed by atoms with Crippen LogP contribution in [0.15, 0.2) is 4.90 Å². The number of nitrogen functional groups attached to an aromatic ring is 1. The molecular formula is C11H19N5OS2. The molecule has 2 rings (SSSR count). The molecule has 1 saturated heterocycles. The number of piperazine rings is 1. The lowest BCUT2D eigenvalue weighted by Gasteiger charge is -2.32. The number of hydrazine groups is 1. The number of carbonyl (C=O) groups is 1. The van der Waals surface area contributed by atoms with Crippen molar-refractivity contribution in [1.82, 2.24) is 9.91 Å². The number of thioether (sulfide) groups is 1. The van der Waals surface area contributed by atoms with Gasteiger partial charge in [0.2, 0.25) is 0 Å². The molecule has 0 unspecified atom stereocenters. The summed E-state index contributed by atoms with van der Waals surface area (Å²) in [6.07, 6.45) is 1.94. The van der Waals surface area contributed by atoms with Crippen molar-refractivity contribution in [2.45, 2.75) is 4.90 Å². The van der Waals surface area contributed by atoms with Gasteiger partial charge in [0.15, 0.2) is 0 Å². The molecule has 2 heterocycles. The topological polar surface area (TPSA) is 87.6 Å². The molecule has 0 saturated carbocycles. The van der Waals surface area contributed by atoms with Gasteiger partial charge in [-0.05, 0) is 13.3 Å². The van der Waals surface area contributed by atoms with Crippen molar-refractivity contribution in [3.63, 3.8) is 0 Å². The van der Waals surface area contributed by atoms with Crippen molar-refractivity contribution in [2.24, 2.45) is 5.73 Å². The van der Waals surface area contributed by atoms with E-state index in [-0.39, 0.29) is 0 Å². The molecule has 0 bridgehead atoms. The van der Waals surface area contributed by atoms with Crippen LogP contribution in [0.25, 0.3) is 0 Å². The number of nitrogens with one attached hydrogen (secondary N) is 1. The summed E-state index contributed by atoms with van der Waals surface area (Å²) in [7, 11) is 2.11. The van der Waals surface area contributed by atoms with Gasteiger partial charge in [-0.3, -0.25) is 4.79 Å². The van der Waals surface area contributed by atoms with Gasteiger partial charge >= 0.3 is 0 Å². The number of hydrogen-bond donors (Lipinski definition) is 3. The maximum atomic E-state index is 11.3. The summed E-state index contributed by atoms with van der Waals surface area (Å²) in [5.41, 5.74) is 15.1. The number of nitrogens with zero attached hydrogens (tertiary/aromatic N) is 2. The first-order valence-electron chi connectivity index (χ1n) is 5.99. The standard InChI is InChI=1S/C11H19N5OS2/c1-15-3-5-16(6-4-15)14-11-9(18-2)7(12)8(19-11)10(13)17/h14H,3-6,12H2,1-2H3,(H2,13,17). The molecule has 0 radical (unpaired) electrons. The van der Waals surface area contributed by atoms with Crippen LogP contribution >= 0.6 is 23.1 Å². The third-order valence-electron chi connectivity index (χ3n) is 3.09. The molecular weight excluding hydrogens is 282 g/mol. The summed E-state index contributed by atoms with van der Waals surface area (Å²) in [5, 5.41) is 3.05. The van der Waals surface area contributed by atoms with Crippen LogP contribution in [0, 0.1) is 0 Å². The fourth-order valence-electron chi connectivity index (χ4n) is 1.95. The van der Waals surface area contributed by atoms with Gasteiger partial charge in [0.1, 0.15) is 9.88 Å². The molecule has 0 aliphatic carbocycles. The Morgan fingerprint density at radius 2 is 2.00 bits per heavy atom. The zero-order chi connectivity index (χ0) is 14.0. The molecule has 1 aromatic heterocycles. The maximum Gasteiger partial charge on any atom is 0.261 e. The van der Waals surface area contributed by atoms with E-state index in [2.05, 4.69) is 22.4 Å². The Hall–Kier alpha value is -0.960. The van der Waals surface area contributed by atoms with Gasteiger partial charge in [-0.15, -0.1) is 23.1 Å². The Morgan fingerprint density at radius 1 is 1.37 bits per heavy atom. The van der Waals surface area contributed by atoms with Crippen molar-refractivity contribution in [1.29, 1.82) is 0 Å². The quantitative estimate of drug-likeness (QED) is 0.711. The van der Waals surface area contributed by atoms with Gasteiger partial charge in [0, 0.05) is 26.2 Å². The third-order valence-corrected chi connectivity index (χ3v) is 5.18. The number of hydrogen-bond acceptors (Lipinski definition) is 7. The van der Waals surface area contributed by atoms with Gasteiger partial charge < -0.3 is 21.8 Å². The van der Waals surface area contributed by atoms with Gasteiger partial charge in [-0.25, -0.2) is 5.01 Å². The first-order chi connectivity index (χ1) is 9.02. The smallest absolute Gasteiger partial charge is 0.261 e. The number of amides is 1. The highest BCUT2D eigenvalue weighted by molar-refractivity contribution is 7.99. The normalized spacial score (nSPS) is 17.6. The molecule has 1 aliphatic rings. The number of carbonyl (C=O) groups excluding carboxylic acids is 1. The second-order valence-electron chi connectivity index (χ2n) is 4.47. The van der Waals surface area contributed by atoms with Crippen molar-refractivity contribution >= 4 is 39.7 Å². The van der Waals surface area contributed by atoms with E-state index < -0.39 is 5.91 Å². The molecule has 5 N–H and O–H groups in total. The molecule has 0 spiro atoms. The molecule has 1 aromatic rings. The fraction of sp³-hybridized carbons (Fsp3) is 0.545. The summed E-state index contributed by atoms with van der Waals surface area (Å²) >= 11 is 2.85. The highest BCUT2D eigenvalue weighted by Gasteiger charge is 2.21. The van der Waals surface area contributed by atoms with Crippen LogP contribution in [0.5, 0.6) is 0 Å². The van der Waals surface area contributed by atoms with Gasteiger partial charge in [0.25, 0.3) is 5.91 Å². The minimum Gasteiger partial charge on any atom is -0.396 e. The lowest BCUT2D eigenvalue weighted by atomic mass is 10.4. The van der Waals surface area contributed by atoms with Crippen LogP contribution in [-0.2, 0) is 0 Å². The van der Waals surface area contributed by atoms with E-state index in [1.807, 2.05) is 6.26 Å². The SMILES string of the molecule is CSc1c(NN2CCN(C)CC2)sc(C(N)=O)c1N. The van der Waals surface area contributed by atoms with Gasteiger partial charge in [0.05, 0.1) is 10.6 Å². The predicted octanol–water partition coefficient (Wildman–Crippen LogP) is 0.725. The minimum absolute atomic E-state index is 0.431. The maximum absolute atomic E-state index is 11.3. The Kier molecular flexibility index (Phi) is 4.56. The van der Waals surface area contributed by atoms with E-state index in [4.69, 9.17) is 11.5 Å². The van der Waals surface area contributed by atoms with Crippen LogP contribution in [0.4, 0.5) is 10.7 Å². The molecule has 1 fully saturated rings. The molecule has 0 aromatic carbocycles. The average Bonchev–Trinajstić information content (AvgIpc) is 2.68. The first-order valence-corrected chi connectivity index (χ1v) is 8.03. The second-order valence-corrected chi connectivity index (χ2v) is 6.31. The van der Waals surface area contributed by atoms with Crippen LogP contribution in [-0.4, -0.2) is 55.3 Å². The van der Waals surface area contributed by atoms with E-state index in [0.29, 0.717) is 10.6 Å². The zero-order valence-electron chi connectivity index (χ0n) is 11.1. The number of thiophene rings is 1. The van der Waals surface area contributed by atoms with Gasteiger partial charge in [-0.2, -0.15) is 0 Å². The molecule has 106 valence electrons. The summed E-state index contributed by atoms with van der Waals surface area (Å²) in [4.78, 5) is 14.9. The van der Waals surface area contributed by atoms with E-state index >= 15 is 0 Å². The molecule has 0 atom stereocenters. The van der Waals surface area contributed by atoms with Gasteiger partial charge in [-0.1, -0.05) is 0 Å². The molecule has 19 heavy (non-hydrogen) atoms. The fourth-order valence-corrected chi connectivity index (χ4v) is 3.84. The van der Waals surface area contributed by atoms with Crippen LogP contribution in [0.2, 0.25) is 0 Å². The molecule has 1 aliphatic heterocycles. The number of rotatable bonds is 4. The summed E-state index contributed by atoms with van der Waals surface area (Å²) < 4.78 is 0. The Morgan fingerprint density at radius 3 is 2.53 bits per heavy atom. The van der Waals surface area contributed by atoms with Crippen LogP contribution in [0.1, 0.15) is 9.67 Å². The minimum atomic E-state index is -0.468. The second kappa shape index (κ2) is 6.00. The van der Waals surface area contributed by atoms with Crippen molar-refractivity contribution < 1.29 is 4.79 Å². The van der Waals surface area contributed by atoms with E-state index in [9.17, 15) is 4.79 Å². The van der Waals surface area contributed by atoms with Crippen LogP contribution in [0.3, 0.4) is 0 Å². The highest BCUT2D eigenvalue weighted by atomic mass is 32.2. The summed E-state index contributed by atoms with van der Waals surface area (Å²) in [6, 6.07) is 0. The van der Waals surface area contributed by atoms with E-state index in [1.54, 1.807) is 0 Å². The predicted molar refractivity (Wildman–Crippen MR) is 81.7 cm³/mol. The first kappa shape index (κ1) is 14.4. The van der Waals surface area contributed by atoms with Crippen molar-refractivity contribution in [3.05, 3.63) is 4.88 Å². The lowest BCUT2D eigenvalue weighted by Crippen LogP contribution is -2.46. The highest BCUT2D eigenvalue weighted by Crippen LogP contribution is 2.41. The Labute approximate surface area is 121 Å². The Bertz CT molecular complexity index is 468. The molecule has 6 nitrogen and oxygen atoms in total. The van der Waals surface area contributed by atoms with E-state index in [1.165, 1.54) is 23.1 Å². The Balaban J connectivity index is 2.15. The number of likely N-dealkylation sites (N-methyl/N-ethyl adjacent to an activating group) is 1. The van der Waals surface area contributed by atoms with Crippen molar-refractivity contribution in [3.8, 4) is 0 Å². The average molecular weight is 301 g/mol. The van der Waals surface area contributed by atoms with E-state index in [0.717, 1.165) is 36.1 Å².